The molecule has 1 fully saturated rings. The van der Waals surface area contributed by atoms with Gasteiger partial charge < -0.3 is 4.90 Å². The van der Waals surface area contributed by atoms with Crippen molar-refractivity contribution >= 4 is 5.91 Å². The van der Waals surface area contributed by atoms with Gasteiger partial charge in [-0.25, -0.2) is 0 Å². The molecule has 0 spiro atoms. The van der Waals surface area contributed by atoms with Crippen LogP contribution in [0.5, 0.6) is 0 Å². The van der Waals surface area contributed by atoms with Crippen LogP contribution in [0, 0.1) is 6.92 Å². The predicted molar refractivity (Wildman–Crippen MR) is 99.1 cm³/mol. The Labute approximate surface area is 150 Å². The van der Waals surface area contributed by atoms with E-state index in [0.29, 0.717) is 13.0 Å². The molecule has 1 aromatic carbocycles. The second-order valence-electron chi connectivity index (χ2n) is 7.04. The standard InChI is InChI=1S/C20H28N4O/c1-17-13-21-23(14-17)12-9-20(25)24-11-6-10-22(15-18(24)2)16-19-7-4-3-5-8-19/h3-5,7-8,13-14,18H,6,9-12,15-16H2,1-2H3/t18-/m1/s1. The van der Waals surface area contributed by atoms with Gasteiger partial charge in [-0.05, 0) is 31.4 Å². The van der Waals surface area contributed by atoms with Crippen molar-refractivity contribution in [1.29, 1.82) is 0 Å². The third kappa shape index (κ3) is 4.92. The second kappa shape index (κ2) is 8.30. The smallest absolute Gasteiger partial charge is 0.224 e. The Hall–Kier alpha value is -2.14. The Bertz CT molecular complexity index is 682. The summed E-state index contributed by atoms with van der Waals surface area (Å²) in [6.45, 7) is 8.62. The minimum atomic E-state index is 0.238. The zero-order chi connectivity index (χ0) is 17.6. The Kier molecular flexibility index (Phi) is 5.87. The van der Waals surface area contributed by atoms with Crippen molar-refractivity contribution in [3.8, 4) is 0 Å². The third-order valence-corrected chi connectivity index (χ3v) is 4.81. The Balaban J connectivity index is 1.53. The average Bonchev–Trinajstić information content (AvgIpc) is 2.93. The summed E-state index contributed by atoms with van der Waals surface area (Å²) in [7, 11) is 0. The molecular weight excluding hydrogens is 312 g/mol. The van der Waals surface area contributed by atoms with Crippen molar-refractivity contribution < 1.29 is 4.79 Å². The molecule has 2 heterocycles. The highest BCUT2D eigenvalue weighted by molar-refractivity contribution is 5.76. The molecule has 1 atom stereocenters. The van der Waals surface area contributed by atoms with Crippen molar-refractivity contribution in [1.82, 2.24) is 19.6 Å². The first-order chi connectivity index (χ1) is 12.1. The molecule has 1 saturated heterocycles. The van der Waals surface area contributed by atoms with E-state index in [0.717, 1.165) is 38.2 Å². The topological polar surface area (TPSA) is 41.4 Å². The van der Waals surface area contributed by atoms with Gasteiger partial charge in [-0.1, -0.05) is 30.3 Å². The van der Waals surface area contributed by atoms with E-state index in [1.54, 1.807) is 0 Å². The average molecular weight is 340 g/mol. The molecule has 0 unspecified atom stereocenters. The van der Waals surface area contributed by atoms with Crippen LogP contribution in [0.25, 0.3) is 0 Å². The molecule has 134 valence electrons. The van der Waals surface area contributed by atoms with E-state index >= 15 is 0 Å². The van der Waals surface area contributed by atoms with E-state index in [1.165, 1.54) is 5.56 Å². The van der Waals surface area contributed by atoms with E-state index in [1.807, 2.05) is 24.0 Å². The van der Waals surface area contributed by atoms with Gasteiger partial charge in [-0.2, -0.15) is 5.10 Å². The molecule has 0 bridgehead atoms. The molecule has 5 heteroatoms. The monoisotopic (exact) mass is 340 g/mol. The summed E-state index contributed by atoms with van der Waals surface area (Å²) in [5.74, 6) is 0.238. The molecule has 25 heavy (non-hydrogen) atoms. The van der Waals surface area contributed by atoms with Crippen LogP contribution in [0.3, 0.4) is 0 Å². The van der Waals surface area contributed by atoms with Crippen LogP contribution in [-0.2, 0) is 17.9 Å². The highest BCUT2D eigenvalue weighted by atomic mass is 16.2. The molecule has 0 N–H and O–H groups in total. The number of hydrogen-bond donors (Lipinski definition) is 0. The lowest BCUT2D eigenvalue weighted by Crippen LogP contribution is -2.42. The quantitative estimate of drug-likeness (QED) is 0.840. The van der Waals surface area contributed by atoms with Gasteiger partial charge in [0.2, 0.25) is 5.91 Å². The first kappa shape index (κ1) is 17.7. The number of nitrogens with zero attached hydrogens (tertiary/aromatic N) is 4. The third-order valence-electron chi connectivity index (χ3n) is 4.81. The summed E-state index contributed by atoms with van der Waals surface area (Å²) < 4.78 is 1.86. The van der Waals surface area contributed by atoms with Crippen LogP contribution >= 0.6 is 0 Å². The summed E-state index contributed by atoms with van der Waals surface area (Å²) in [5.41, 5.74) is 2.47. The number of carbonyl (C=O) groups excluding carboxylic acids is 1. The lowest BCUT2D eigenvalue weighted by Gasteiger charge is -2.29. The molecule has 0 saturated carbocycles. The van der Waals surface area contributed by atoms with Crippen LogP contribution in [0.1, 0.15) is 30.9 Å². The van der Waals surface area contributed by atoms with Gasteiger partial charge in [0.25, 0.3) is 0 Å². The van der Waals surface area contributed by atoms with E-state index in [9.17, 15) is 4.79 Å². The van der Waals surface area contributed by atoms with Gasteiger partial charge in [0.15, 0.2) is 0 Å². The summed E-state index contributed by atoms with van der Waals surface area (Å²) in [6.07, 6.45) is 5.37. The summed E-state index contributed by atoms with van der Waals surface area (Å²) in [5, 5.41) is 4.27. The Morgan fingerprint density at radius 3 is 2.76 bits per heavy atom. The van der Waals surface area contributed by atoms with Crippen molar-refractivity contribution in [3.05, 3.63) is 53.9 Å². The fourth-order valence-electron chi connectivity index (χ4n) is 3.55. The highest BCUT2D eigenvalue weighted by Crippen LogP contribution is 2.14. The maximum Gasteiger partial charge on any atom is 0.224 e. The minimum absolute atomic E-state index is 0.238. The van der Waals surface area contributed by atoms with Crippen molar-refractivity contribution in [2.75, 3.05) is 19.6 Å². The molecule has 1 aliphatic rings. The number of hydrogen-bond acceptors (Lipinski definition) is 3. The van der Waals surface area contributed by atoms with Gasteiger partial charge in [0.05, 0.1) is 6.20 Å². The fourth-order valence-corrected chi connectivity index (χ4v) is 3.55. The van der Waals surface area contributed by atoms with Crippen molar-refractivity contribution in [2.24, 2.45) is 0 Å². The van der Waals surface area contributed by atoms with Crippen LogP contribution in [-0.4, -0.2) is 51.2 Å². The lowest BCUT2D eigenvalue weighted by atomic mass is 10.2. The largest absolute Gasteiger partial charge is 0.339 e. The predicted octanol–water partition coefficient (Wildman–Crippen LogP) is 2.70. The number of benzene rings is 1. The molecule has 1 amide bonds. The lowest BCUT2D eigenvalue weighted by molar-refractivity contribution is -0.133. The number of aryl methyl sites for hydroxylation is 2. The van der Waals surface area contributed by atoms with Crippen LogP contribution in [0.15, 0.2) is 42.7 Å². The van der Waals surface area contributed by atoms with Gasteiger partial charge >= 0.3 is 0 Å². The fraction of sp³-hybridized carbons (Fsp3) is 0.500. The van der Waals surface area contributed by atoms with Crippen molar-refractivity contribution in [2.45, 2.75) is 45.8 Å². The highest BCUT2D eigenvalue weighted by Gasteiger charge is 2.25. The molecule has 3 rings (SSSR count). The molecule has 0 radical (unpaired) electrons. The molecule has 1 aromatic heterocycles. The van der Waals surface area contributed by atoms with Gasteiger partial charge in [-0.15, -0.1) is 0 Å². The maximum absolute atomic E-state index is 12.7. The van der Waals surface area contributed by atoms with Crippen LogP contribution in [0.2, 0.25) is 0 Å². The zero-order valence-electron chi connectivity index (χ0n) is 15.3. The minimum Gasteiger partial charge on any atom is -0.339 e. The van der Waals surface area contributed by atoms with Gasteiger partial charge in [0.1, 0.15) is 0 Å². The molecule has 0 aliphatic carbocycles. The number of amides is 1. The SMILES string of the molecule is Cc1cnn(CCC(=O)N2CCCN(Cc3ccccc3)C[C@H]2C)c1. The first-order valence-electron chi connectivity index (χ1n) is 9.16. The summed E-state index contributed by atoms with van der Waals surface area (Å²) in [6, 6.07) is 10.8. The number of rotatable bonds is 5. The molecule has 1 aliphatic heterocycles. The summed E-state index contributed by atoms with van der Waals surface area (Å²) >= 11 is 0. The number of carbonyl (C=O) groups is 1. The normalized spacial score (nSPS) is 19.0. The molecule has 2 aromatic rings. The summed E-state index contributed by atoms with van der Waals surface area (Å²) in [4.78, 5) is 17.2. The molecular formula is C20H28N4O. The van der Waals surface area contributed by atoms with Crippen LogP contribution < -0.4 is 0 Å². The maximum atomic E-state index is 12.7. The molecule has 5 nitrogen and oxygen atoms in total. The number of aromatic nitrogens is 2. The van der Waals surface area contributed by atoms with Crippen LogP contribution in [0.4, 0.5) is 0 Å². The van der Waals surface area contributed by atoms with E-state index in [-0.39, 0.29) is 11.9 Å². The Morgan fingerprint density at radius 1 is 1.24 bits per heavy atom. The van der Waals surface area contributed by atoms with Gasteiger partial charge in [-0.3, -0.25) is 14.4 Å². The first-order valence-corrected chi connectivity index (χ1v) is 9.16. The van der Waals surface area contributed by atoms with E-state index in [2.05, 4.69) is 52.2 Å². The van der Waals surface area contributed by atoms with Gasteiger partial charge in [0, 0.05) is 51.4 Å². The van der Waals surface area contributed by atoms with E-state index < -0.39 is 0 Å². The zero-order valence-corrected chi connectivity index (χ0v) is 15.3. The van der Waals surface area contributed by atoms with Crippen molar-refractivity contribution in [3.63, 3.8) is 0 Å². The Morgan fingerprint density at radius 2 is 2.04 bits per heavy atom. The second-order valence-corrected chi connectivity index (χ2v) is 7.04. The van der Waals surface area contributed by atoms with E-state index in [4.69, 9.17) is 0 Å².